The summed E-state index contributed by atoms with van der Waals surface area (Å²) in [6, 6.07) is 0. The number of hydrogen-bond acceptors (Lipinski definition) is 4. The summed E-state index contributed by atoms with van der Waals surface area (Å²) in [5.41, 5.74) is 0. The molecule has 0 bridgehead atoms. The zero-order valence-corrected chi connectivity index (χ0v) is 6.82. The molecule has 68 valence electrons. The van der Waals surface area contributed by atoms with Crippen LogP contribution in [0.15, 0.2) is 0 Å². The molecule has 4 nitrogen and oxygen atoms in total. The number of hydrogen-bond donors (Lipinski definition) is 0. The summed E-state index contributed by atoms with van der Waals surface area (Å²) in [5.74, 6) is 0. The maximum atomic E-state index is 10.6. The van der Waals surface area contributed by atoms with Gasteiger partial charge in [-0.15, -0.1) is 0 Å². The quantitative estimate of drug-likeness (QED) is 0.361. The van der Waals surface area contributed by atoms with Gasteiger partial charge in [-0.3, -0.25) is 4.79 Å². The van der Waals surface area contributed by atoms with Crippen LogP contribution in [-0.2, 0) is 14.3 Å². The summed E-state index contributed by atoms with van der Waals surface area (Å²) in [7, 11) is 0. The summed E-state index contributed by atoms with van der Waals surface area (Å²) >= 11 is 0. The van der Waals surface area contributed by atoms with Gasteiger partial charge >= 0.3 is 12.6 Å². The van der Waals surface area contributed by atoms with E-state index in [1.807, 2.05) is 0 Å². The Bertz CT molecular complexity index is 160. The van der Waals surface area contributed by atoms with Crippen LogP contribution in [0.3, 0.4) is 0 Å². The molecule has 0 spiro atoms. The fourth-order valence-corrected chi connectivity index (χ4v) is 1.39. The Morgan fingerprint density at radius 3 is 2.50 bits per heavy atom. The normalized spacial score (nSPS) is 18.3. The van der Waals surface area contributed by atoms with Crippen molar-refractivity contribution in [3.8, 4) is 0 Å². The van der Waals surface area contributed by atoms with Crippen LogP contribution in [-0.4, -0.2) is 18.7 Å². The number of rotatable bonds is 2. The van der Waals surface area contributed by atoms with E-state index >= 15 is 0 Å². The lowest BCUT2D eigenvalue weighted by atomic mass is 9.98. The highest BCUT2D eigenvalue weighted by atomic mass is 16.7. The first-order chi connectivity index (χ1) is 5.83. The number of ether oxygens (including phenoxy) is 2. The van der Waals surface area contributed by atoms with Gasteiger partial charge in [-0.25, -0.2) is 4.79 Å². The van der Waals surface area contributed by atoms with E-state index in [-0.39, 0.29) is 12.6 Å². The molecule has 1 aliphatic rings. The molecule has 4 heteroatoms. The monoisotopic (exact) mass is 172 g/mol. The molecule has 0 heterocycles. The zero-order chi connectivity index (χ0) is 8.81. The Hall–Kier alpha value is -1.06. The van der Waals surface area contributed by atoms with E-state index in [1.165, 1.54) is 6.42 Å². The molecule has 0 aliphatic heterocycles. The van der Waals surface area contributed by atoms with E-state index < -0.39 is 6.16 Å². The van der Waals surface area contributed by atoms with Gasteiger partial charge in [0.1, 0.15) is 6.10 Å². The lowest BCUT2D eigenvalue weighted by Gasteiger charge is -2.20. The van der Waals surface area contributed by atoms with Crippen molar-refractivity contribution >= 4 is 12.6 Å². The van der Waals surface area contributed by atoms with Gasteiger partial charge in [0.05, 0.1) is 0 Å². The molecule has 12 heavy (non-hydrogen) atoms. The number of carbonyl (C=O) groups excluding carboxylic acids is 2. The van der Waals surface area contributed by atoms with Gasteiger partial charge < -0.3 is 9.47 Å². The smallest absolute Gasteiger partial charge is 0.431 e. The molecule has 1 aliphatic carbocycles. The van der Waals surface area contributed by atoms with Crippen LogP contribution >= 0.6 is 0 Å². The molecule has 1 saturated carbocycles. The van der Waals surface area contributed by atoms with Crippen molar-refractivity contribution in [1.82, 2.24) is 0 Å². The predicted octanol–water partition coefficient (Wildman–Crippen LogP) is 1.63. The maximum Gasteiger partial charge on any atom is 0.516 e. The molecule has 0 atom stereocenters. The molecule has 1 rings (SSSR count). The molecule has 0 aromatic carbocycles. The lowest BCUT2D eigenvalue weighted by Crippen LogP contribution is -2.21. The minimum absolute atomic E-state index is 0.0498. The van der Waals surface area contributed by atoms with Crippen molar-refractivity contribution < 1.29 is 19.1 Å². The van der Waals surface area contributed by atoms with Crippen molar-refractivity contribution in [3.05, 3.63) is 0 Å². The first kappa shape index (κ1) is 9.03. The van der Waals surface area contributed by atoms with Gasteiger partial charge in [0.15, 0.2) is 0 Å². The summed E-state index contributed by atoms with van der Waals surface area (Å²) in [6.45, 7) is 0.0885. The minimum Gasteiger partial charge on any atom is -0.431 e. The fourth-order valence-electron chi connectivity index (χ4n) is 1.39. The van der Waals surface area contributed by atoms with Gasteiger partial charge in [-0.2, -0.15) is 0 Å². The second-order valence-electron chi connectivity index (χ2n) is 2.84. The highest BCUT2D eigenvalue weighted by molar-refractivity contribution is 5.69. The summed E-state index contributed by atoms with van der Waals surface area (Å²) < 4.78 is 8.84. The Labute approximate surface area is 70.8 Å². The summed E-state index contributed by atoms with van der Waals surface area (Å²) in [4.78, 5) is 20.4. The molecule has 0 amide bonds. The standard InChI is InChI=1S/C8H12O4/c9-6-11-8(10)12-7-4-2-1-3-5-7/h6-7H,1-5H2. The van der Waals surface area contributed by atoms with E-state index in [1.54, 1.807) is 0 Å². The van der Waals surface area contributed by atoms with Gasteiger partial charge in [-0.1, -0.05) is 6.42 Å². The lowest BCUT2D eigenvalue weighted by molar-refractivity contribution is -0.126. The average molecular weight is 172 g/mol. The predicted molar refractivity (Wildman–Crippen MR) is 40.5 cm³/mol. The van der Waals surface area contributed by atoms with Crippen LogP contribution in [0.2, 0.25) is 0 Å². The van der Waals surface area contributed by atoms with E-state index in [4.69, 9.17) is 4.74 Å². The van der Waals surface area contributed by atoms with Crippen molar-refractivity contribution in [2.24, 2.45) is 0 Å². The first-order valence-corrected chi connectivity index (χ1v) is 4.14. The third-order valence-corrected chi connectivity index (χ3v) is 1.96. The molecule has 0 aromatic rings. The third-order valence-electron chi connectivity index (χ3n) is 1.96. The highest BCUT2D eigenvalue weighted by Gasteiger charge is 2.17. The fraction of sp³-hybridized carbons (Fsp3) is 0.750. The second kappa shape index (κ2) is 4.74. The topological polar surface area (TPSA) is 52.6 Å². The highest BCUT2D eigenvalue weighted by Crippen LogP contribution is 2.20. The van der Waals surface area contributed by atoms with E-state index in [2.05, 4.69) is 4.74 Å². The maximum absolute atomic E-state index is 10.6. The molecule has 0 saturated heterocycles. The van der Waals surface area contributed by atoms with Crippen LogP contribution in [0.1, 0.15) is 32.1 Å². The van der Waals surface area contributed by atoms with Crippen LogP contribution in [0.25, 0.3) is 0 Å². The third kappa shape index (κ3) is 2.90. The minimum atomic E-state index is -0.878. The van der Waals surface area contributed by atoms with Gasteiger partial charge in [0.25, 0.3) is 0 Å². The molecule has 0 N–H and O–H groups in total. The Balaban J connectivity index is 2.19. The van der Waals surface area contributed by atoms with E-state index in [9.17, 15) is 9.59 Å². The number of carbonyl (C=O) groups is 2. The zero-order valence-electron chi connectivity index (χ0n) is 6.82. The Kier molecular flexibility index (Phi) is 3.57. The van der Waals surface area contributed by atoms with Crippen molar-refractivity contribution in [2.45, 2.75) is 38.2 Å². The van der Waals surface area contributed by atoms with E-state index in [0.29, 0.717) is 0 Å². The van der Waals surface area contributed by atoms with Crippen molar-refractivity contribution in [2.75, 3.05) is 0 Å². The van der Waals surface area contributed by atoms with Crippen LogP contribution in [0, 0.1) is 0 Å². The first-order valence-electron chi connectivity index (χ1n) is 4.14. The Morgan fingerprint density at radius 1 is 1.25 bits per heavy atom. The second-order valence-corrected chi connectivity index (χ2v) is 2.84. The summed E-state index contributed by atoms with van der Waals surface area (Å²) in [6.07, 6.45) is 4.20. The summed E-state index contributed by atoms with van der Waals surface area (Å²) in [5, 5.41) is 0. The van der Waals surface area contributed by atoms with Crippen LogP contribution in [0.5, 0.6) is 0 Å². The molecular weight excluding hydrogens is 160 g/mol. The van der Waals surface area contributed by atoms with Gasteiger partial charge in [0, 0.05) is 0 Å². The SMILES string of the molecule is O=COC(=O)OC1CCCCC1. The average Bonchev–Trinajstić information content (AvgIpc) is 2.06. The van der Waals surface area contributed by atoms with E-state index in [0.717, 1.165) is 25.7 Å². The largest absolute Gasteiger partial charge is 0.516 e. The van der Waals surface area contributed by atoms with Crippen molar-refractivity contribution in [1.29, 1.82) is 0 Å². The van der Waals surface area contributed by atoms with Gasteiger partial charge in [-0.05, 0) is 25.7 Å². The molecule has 0 aromatic heterocycles. The Morgan fingerprint density at radius 2 is 1.92 bits per heavy atom. The van der Waals surface area contributed by atoms with Gasteiger partial charge in [0.2, 0.25) is 0 Å². The van der Waals surface area contributed by atoms with Crippen LogP contribution in [0.4, 0.5) is 4.79 Å². The molecule has 0 unspecified atom stereocenters. The van der Waals surface area contributed by atoms with Crippen LogP contribution < -0.4 is 0 Å². The molecule has 0 radical (unpaired) electrons. The molecular formula is C8H12O4. The van der Waals surface area contributed by atoms with Crippen molar-refractivity contribution in [3.63, 3.8) is 0 Å². The molecule has 1 fully saturated rings.